The molecule has 0 saturated carbocycles. The summed E-state index contributed by atoms with van der Waals surface area (Å²) in [6, 6.07) is 0.250. The fourth-order valence-corrected chi connectivity index (χ4v) is 3.08. The number of nitrogens with one attached hydrogen (secondary N) is 1. The Morgan fingerprint density at radius 2 is 1.96 bits per heavy atom. The summed E-state index contributed by atoms with van der Waals surface area (Å²) in [5.41, 5.74) is 3.96. The van der Waals surface area contributed by atoms with Gasteiger partial charge in [-0.05, 0) is 47.0 Å². The molecule has 2 heterocycles. The van der Waals surface area contributed by atoms with Gasteiger partial charge in [0.2, 0.25) is 0 Å². The average molecular weight is 350 g/mol. The summed E-state index contributed by atoms with van der Waals surface area (Å²) in [6.07, 6.45) is 4.40. The molecule has 1 aromatic rings. The summed E-state index contributed by atoms with van der Waals surface area (Å²) >= 11 is 0. The van der Waals surface area contributed by atoms with E-state index in [0.717, 1.165) is 43.6 Å². The first-order chi connectivity index (χ1) is 11.7. The van der Waals surface area contributed by atoms with Crippen LogP contribution in [0.5, 0.6) is 0 Å². The number of hydrogen-bond donors (Lipinski definition) is 1. The number of ether oxygens (including phenoxy) is 1. The predicted molar refractivity (Wildman–Crippen MR) is 95.4 cm³/mol. The molecule has 140 valence electrons. The molecule has 0 radical (unpaired) electrons. The van der Waals surface area contributed by atoms with Crippen molar-refractivity contribution in [3.8, 4) is 0 Å². The quantitative estimate of drug-likeness (QED) is 0.825. The van der Waals surface area contributed by atoms with Crippen LogP contribution < -0.4 is 5.43 Å². The van der Waals surface area contributed by atoms with Gasteiger partial charge in [-0.2, -0.15) is 5.10 Å². The molecule has 7 heteroatoms. The predicted octanol–water partition coefficient (Wildman–Crippen LogP) is 3.25. The number of carbonyl (C=O) groups is 2. The van der Waals surface area contributed by atoms with Crippen molar-refractivity contribution < 1.29 is 14.3 Å². The number of rotatable bonds is 5. The van der Waals surface area contributed by atoms with Crippen molar-refractivity contribution in [3.05, 3.63) is 17.5 Å². The highest BCUT2D eigenvalue weighted by Crippen LogP contribution is 2.24. The third-order valence-electron chi connectivity index (χ3n) is 4.28. The highest BCUT2D eigenvalue weighted by Gasteiger charge is 2.26. The van der Waals surface area contributed by atoms with E-state index in [-0.39, 0.29) is 11.8 Å². The summed E-state index contributed by atoms with van der Waals surface area (Å²) in [6.45, 7) is 10.9. The van der Waals surface area contributed by atoms with Gasteiger partial charge in [0, 0.05) is 25.2 Å². The molecular weight excluding hydrogens is 320 g/mol. The monoisotopic (exact) mass is 350 g/mol. The van der Waals surface area contributed by atoms with Gasteiger partial charge in [-0.3, -0.25) is 14.9 Å². The van der Waals surface area contributed by atoms with Gasteiger partial charge in [0.25, 0.3) is 0 Å². The van der Waals surface area contributed by atoms with E-state index >= 15 is 0 Å². The Bertz CT molecular complexity index is 610. The van der Waals surface area contributed by atoms with Crippen LogP contribution in [0.2, 0.25) is 0 Å². The molecule has 1 aliphatic heterocycles. The maximum absolute atomic E-state index is 12.1. The van der Waals surface area contributed by atoms with Crippen LogP contribution in [0.3, 0.4) is 0 Å². The molecule has 1 aliphatic rings. The summed E-state index contributed by atoms with van der Waals surface area (Å²) in [4.78, 5) is 24.0. The minimum absolute atomic E-state index is 0.162. The molecule has 0 spiro atoms. The molecule has 1 fully saturated rings. The summed E-state index contributed by atoms with van der Waals surface area (Å²) in [5.74, 6) is 0.162. The standard InChI is InChI=1S/C18H30N4O3/c1-6-7-16(23)15-12-19-22(13(15)2)14-8-10-21(11-9-14)20-17(24)25-18(3,4)5/h12,14H,6-11H2,1-5H3,(H,20,24). The molecule has 1 amide bonds. The van der Waals surface area contributed by atoms with Gasteiger partial charge in [0.15, 0.2) is 5.78 Å². The fraction of sp³-hybridized carbons (Fsp3) is 0.722. The molecular formula is C18H30N4O3. The maximum atomic E-state index is 12.1. The topological polar surface area (TPSA) is 76.5 Å². The van der Waals surface area contributed by atoms with E-state index in [1.807, 2.05) is 44.3 Å². The van der Waals surface area contributed by atoms with E-state index in [4.69, 9.17) is 4.74 Å². The number of ketones is 1. The van der Waals surface area contributed by atoms with Gasteiger partial charge in [0.1, 0.15) is 5.60 Å². The molecule has 0 bridgehead atoms. The number of amides is 1. The lowest BCUT2D eigenvalue weighted by molar-refractivity contribution is 0.0264. The zero-order valence-corrected chi connectivity index (χ0v) is 16.0. The largest absolute Gasteiger partial charge is 0.443 e. The Morgan fingerprint density at radius 3 is 2.52 bits per heavy atom. The van der Waals surface area contributed by atoms with E-state index < -0.39 is 11.7 Å². The average Bonchev–Trinajstić information content (AvgIpc) is 2.88. The molecule has 0 aliphatic carbocycles. The van der Waals surface area contributed by atoms with E-state index in [9.17, 15) is 9.59 Å². The second-order valence-corrected chi connectivity index (χ2v) is 7.59. The van der Waals surface area contributed by atoms with E-state index in [2.05, 4.69) is 10.5 Å². The molecule has 0 atom stereocenters. The molecule has 0 unspecified atom stereocenters. The van der Waals surface area contributed by atoms with Crippen molar-refractivity contribution in [3.63, 3.8) is 0 Å². The third-order valence-corrected chi connectivity index (χ3v) is 4.28. The van der Waals surface area contributed by atoms with Crippen LogP contribution in [-0.4, -0.2) is 45.4 Å². The lowest BCUT2D eigenvalue weighted by Crippen LogP contribution is -2.48. The van der Waals surface area contributed by atoms with Crippen LogP contribution in [0.25, 0.3) is 0 Å². The SMILES string of the molecule is CCCC(=O)c1cnn(C2CCN(NC(=O)OC(C)(C)C)CC2)c1C. The van der Waals surface area contributed by atoms with Crippen LogP contribution in [0.15, 0.2) is 6.20 Å². The van der Waals surface area contributed by atoms with Crippen molar-refractivity contribution in [1.82, 2.24) is 20.2 Å². The number of piperidine rings is 1. The highest BCUT2D eigenvalue weighted by atomic mass is 16.6. The van der Waals surface area contributed by atoms with Crippen LogP contribution in [0.1, 0.15) is 75.5 Å². The van der Waals surface area contributed by atoms with Crippen molar-refractivity contribution in [2.24, 2.45) is 0 Å². The van der Waals surface area contributed by atoms with E-state index in [0.29, 0.717) is 6.42 Å². The van der Waals surface area contributed by atoms with Gasteiger partial charge >= 0.3 is 6.09 Å². The van der Waals surface area contributed by atoms with Gasteiger partial charge in [0.05, 0.1) is 17.8 Å². The normalized spacial score (nSPS) is 16.7. The summed E-state index contributed by atoms with van der Waals surface area (Å²) in [5, 5.41) is 6.32. The molecule has 1 aromatic heterocycles. The van der Waals surface area contributed by atoms with Crippen molar-refractivity contribution in [1.29, 1.82) is 0 Å². The smallest absolute Gasteiger partial charge is 0.422 e. The molecule has 7 nitrogen and oxygen atoms in total. The fourth-order valence-electron chi connectivity index (χ4n) is 3.08. The highest BCUT2D eigenvalue weighted by molar-refractivity contribution is 5.96. The van der Waals surface area contributed by atoms with Crippen molar-refractivity contribution in [2.75, 3.05) is 13.1 Å². The molecule has 1 saturated heterocycles. The molecule has 1 N–H and O–H groups in total. The maximum Gasteiger partial charge on any atom is 0.422 e. The summed E-state index contributed by atoms with van der Waals surface area (Å²) in [7, 11) is 0. The first-order valence-corrected chi connectivity index (χ1v) is 9.03. The molecule has 25 heavy (non-hydrogen) atoms. The van der Waals surface area contributed by atoms with Gasteiger partial charge < -0.3 is 4.74 Å². The number of Topliss-reactive ketones (excluding diaryl/α,β-unsaturated/α-hetero) is 1. The Hall–Kier alpha value is -1.89. The Kier molecular flexibility index (Phi) is 6.21. The van der Waals surface area contributed by atoms with Gasteiger partial charge in [-0.15, -0.1) is 0 Å². The Labute approximate surface area is 149 Å². The first kappa shape index (κ1) is 19.4. The number of aromatic nitrogens is 2. The Balaban J connectivity index is 1.90. The third kappa shape index (κ3) is 5.29. The number of nitrogens with zero attached hydrogens (tertiary/aromatic N) is 3. The zero-order chi connectivity index (χ0) is 18.6. The second-order valence-electron chi connectivity index (χ2n) is 7.59. The summed E-state index contributed by atoms with van der Waals surface area (Å²) < 4.78 is 7.24. The van der Waals surface area contributed by atoms with E-state index in [1.54, 1.807) is 6.20 Å². The van der Waals surface area contributed by atoms with Crippen LogP contribution >= 0.6 is 0 Å². The Morgan fingerprint density at radius 1 is 1.32 bits per heavy atom. The minimum Gasteiger partial charge on any atom is -0.443 e. The minimum atomic E-state index is -0.504. The molecule has 0 aromatic carbocycles. The lowest BCUT2D eigenvalue weighted by atomic mass is 10.0. The number of hydrogen-bond acceptors (Lipinski definition) is 5. The van der Waals surface area contributed by atoms with Gasteiger partial charge in [-0.1, -0.05) is 6.92 Å². The number of carbonyl (C=O) groups excluding carboxylic acids is 2. The second kappa shape index (κ2) is 7.99. The first-order valence-electron chi connectivity index (χ1n) is 9.03. The van der Waals surface area contributed by atoms with Gasteiger partial charge in [-0.25, -0.2) is 9.80 Å². The molecule has 2 rings (SSSR count). The lowest BCUT2D eigenvalue weighted by Gasteiger charge is -2.33. The van der Waals surface area contributed by atoms with Crippen LogP contribution in [-0.2, 0) is 4.74 Å². The van der Waals surface area contributed by atoms with Crippen molar-refractivity contribution in [2.45, 2.75) is 71.9 Å². The number of hydrazine groups is 1. The van der Waals surface area contributed by atoms with Crippen molar-refractivity contribution >= 4 is 11.9 Å². The zero-order valence-electron chi connectivity index (χ0n) is 16.0. The van der Waals surface area contributed by atoms with E-state index in [1.165, 1.54) is 0 Å². The van der Waals surface area contributed by atoms with Crippen LogP contribution in [0, 0.1) is 6.92 Å². The van der Waals surface area contributed by atoms with Crippen LogP contribution in [0.4, 0.5) is 4.79 Å².